The smallest absolute Gasteiger partial charge is 0.111 e. The molecular weight excluding hydrogens is 305 g/mol. The van der Waals surface area contributed by atoms with Crippen molar-refractivity contribution in [2.24, 2.45) is 5.92 Å². The van der Waals surface area contributed by atoms with E-state index in [1.165, 1.54) is 0 Å². The molecule has 1 unspecified atom stereocenters. The fraction of sp³-hybridized carbons (Fsp3) is 0.562. The van der Waals surface area contributed by atoms with Crippen LogP contribution in [0.15, 0.2) is 18.2 Å². The molecule has 5 heteroatoms. The minimum atomic E-state index is 0.365. The van der Waals surface area contributed by atoms with Crippen molar-refractivity contribution in [1.29, 1.82) is 0 Å². The molecule has 21 heavy (non-hydrogen) atoms. The maximum Gasteiger partial charge on any atom is 0.111 e. The van der Waals surface area contributed by atoms with Crippen molar-refractivity contribution in [3.05, 3.63) is 29.0 Å². The highest BCUT2D eigenvalue weighted by molar-refractivity contribution is 6.31. The average Bonchev–Trinajstić information content (AvgIpc) is 2.73. The number of nitrogens with zero attached hydrogens (tertiary/aromatic N) is 3. The minimum absolute atomic E-state index is 0.365. The van der Waals surface area contributed by atoms with E-state index in [4.69, 9.17) is 28.2 Å². The van der Waals surface area contributed by atoms with Crippen LogP contribution in [0, 0.1) is 5.92 Å². The van der Waals surface area contributed by atoms with Gasteiger partial charge >= 0.3 is 0 Å². The van der Waals surface area contributed by atoms with Gasteiger partial charge in [0.1, 0.15) is 5.82 Å². The number of hydrogen-bond acceptors (Lipinski definition) is 2. The number of benzene rings is 1. The second kappa shape index (κ2) is 6.99. The number of rotatable bonds is 6. The van der Waals surface area contributed by atoms with E-state index in [1.54, 1.807) is 0 Å². The molecule has 1 aromatic carbocycles. The van der Waals surface area contributed by atoms with E-state index >= 15 is 0 Å². The van der Waals surface area contributed by atoms with Crippen LogP contribution >= 0.6 is 23.2 Å². The Kier molecular flexibility index (Phi) is 5.53. The van der Waals surface area contributed by atoms with Crippen LogP contribution in [0.5, 0.6) is 0 Å². The van der Waals surface area contributed by atoms with E-state index in [2.05, 4.69) is 43.5 Å². The number of fused-ring (bicyclic) bond motifs is 1. The Labute approximate surface area is 136 Å². The van der Waals surface area contributed by atoms with Gasteiger partial charge in [-0.3, -0.25) is 0 Å². The predicted octanol–water partition coefficient (Wildman–Crippen LogP) is 4.23. The van der Waals surface area contributed by atoms with Gasteiger partial charge < -0.3 is 9.47 Å². The van der Waals surface area contributed by atoms with Gasteiger partial charge in [-0.05, 0) is 38.2 Å². The zero-order chi connectivity index (χ0) is 15.6. The van der Waals surface area contributed by atoms with Crippen LogP contribution in [0.2, 0.25) is 5.02 Å². The largest absolute Gasteiger partial charge is 0.323 e. The van der Waals surface area contributed by atoms with E-state index < -0.39 is 0 Å². The van der Waals surface area contributed by atoms with Crippen molar-refractivity contribution in [2.75, 3.05) is 26.5 Å². The lowest BCUT2D eigenvalue weighted by atomic mass is 10.0. The molecule has 116 valence electrons. The quantitative estimate of drug-likeness (QED) is 0.740. The zero-order valence-corrected chi connectivity index (χ0v) is 14.6. The number of likely N-dealkylation sites (N-methyl/N-ethyl adjacent to an activating group) is 1. The summed E-state index contributed by atoms with van der Waals surface area (Å²) >= 11 is 12.1. The fourth-order valence-corrected chi connectivity index (χ4v) is 3.05. The van der Waals surface area contributed by atoms with Crippen LogP contribution in [0.3, 0.4) is 0 Å². The van der Waals surface area contributed by atoms with E-state index in [-0.39, 0.29) is 0 Å². The van der Waals surface area contributed by atoms with Gasteiger partial charge in [0, 0.05) is 23.9 Å². The van der Waals surface area contributed by atoms with Gasteiger partial charge in [0.15, 0.2) is 0 Å². The Morgan fingerprint density at radius 3 is 2.57 bits per heavy atom. The van der Waals surface area contributed by atoms with E-state index in [0.717, 1.165) is 34.8 Å². The number of aromatic nitrogens is 2. The average molecular weight is 328 g/mol. The molecule has 0 saturated heterocycles. The third kappa shape index (κ3) is 3.71. The maximum atomic E-state index is 6.10. The number of halogens is 2. The molecule has 0 radical (unpaired) electrons. The first-order valence-corrected chi connectivity index (χ1v) is 8.22. The van der Waals surface area contributed by atoms with Crippen molar-refractivity contribution < 1.29 is 0 Å². The third-order valence-corrected chi connectivity index (χ3v) is 4.12. The highest BCUT2D eigenvalue weighted by atomic mass is 35.5. The number of imidazole rings is 1. The van der Waals surface area contributed by atoms with Crippen LogP contribution in [-0.2, 0) is 6.42 Å². The van der Waals surface area contributed by atoms with Crippen molar-refractivity contribution >= 4 is 34.2 Å². The van der Waals surface area contributed by atoms with Gasteiger partial charge in [-0.15, -0.1) is 11.6 Å². The summed E-state index contributed by atoms with van der Waals surface area (Å²) < 4.78 is 2.35. The van der Waals surface area contributed by atoms with Gasteiger partial charge in [-0.2, -0.15) is 0 Å². The lowest BCUT2D eigenvalue weighted by molar-refractivity contribution is 0.269. The second-order valence-corrected chi connectivity index (χ2v) is 6.86. The molecule has 0 spiro atoms. The molecule has 1 aromatic heterocycles. The van der Waals surface area contributed by atoms with Crippen molar-refractivity contribution in [1.82, 2.24) is 14.5 Å². The molecule has 0 amide bonds. The third-order valence-electron chi connectivity index (χ3n) is 3.70. The summed E-state index contributed by atoms with van der Waals surface area (Å²) in [5, 5.41) is 0.721. The summed E-state index contributed by atoms with van der Waals surface area (Å²) in [6.07, 6.45) is 0.768. The Balaban J connectivity index is 2.59. The van der Waals surface area contributed by atoms with Gasteiger partial charge in [-0.1, -0.05) is 25.4 Å². The zero-order valence-electron chi connectivity index (χ0n) is 13.1. The lowest BCUT2D eigenvalue weighted by Gasteiger charge is -2.28. The summed E-state index contributed by atoms with van der Waals surface area (Å²) in [6, 6.07) is 6.29. The van der Waals surface area contributed by atoms with E-state index in [0.29, 0.717) is 17.8 Å². The molecule has 0 aliphatic heterocycles. The number of alkyl halides is 1. The van der Waals surface area contributed by atoms with Gasteiger partial charge in [0.05, 0.1) is 17.1 Å². The first-order valence-electron chi connectivity index (χ1n) is 7.31. The highest BCUT2D eigenvalue weighted by Gasteiger charge is 2.22. The molecule has 1 atom stereocenters. The summed E-state index contributed by atoms with van der Waals surface area (Å²) in [7, 11) is 4.21. The monoisotopic (exact) mass is 327 g/mol. The Morgan fingerprint density at radius 1 is 1.29 bits per heavy atom. The minimum Gasteiger partial charge on any atom is -0.323 e. The van der Waals surface area contributed by atoms with Crippen molar-refractivity contribution in [3.8, 4) is 0 Å². The molecule has 0 N–H and O–H groups in total. The second-order valence-electron chi connectivity index (χ2n) is 6.04. The molecule has 0 bridgehead atoms. The summed E-state index contributed by atoms with van der Waals surface area (Å²) in [5.74, 6) is 2.13. The Hall–Kier alpha value is -0.770. The lowest BCUT2D eigenvalue weighted by Crippen LogP contribution is -2.29. The molecule has 1 heterocycles. The van der Waals surface area contributed by atoms with Crippen LogP contribution in [-0.4, -0.2) is 41.0 Å². The molecule has 3 nitrogen and oxygen atoms in total. The predicted molar refractivity (Wildman–Crippen MR) is 91.6 cm³/mol. The summed E-state index contributed by atoms with van der Waals surface area (Å²) in [4.78, 5) is 6.97. The van der Waals surface area contributed by atoms with Crippen LogP contribution in [0.1, 0.15) is 25.7 Å². The van der Waals surface area contributed by atoms with E-state index in [9.17, 15) is 0 Å². The Bertz CT molecular complexity index is 605. The standard InChI is InChI=1S/C16H23Cl2N3/c1-11(2)15(10-20(3)4)21-14-6-5-12(18)9-13(14)19-16(21)7-8-17/h5-6,9,11,15H,7-8,10H2,1-4H3. The molecule has 0 aliphatic carbocycles. The Morgan fingerprint density at radius 2 is 2.00 bits per heavy atom. The van der Waals surface area contributed by atoms with Crippen LogP contribution in [0.4, 0.5) is 0 Å². The summed E-state index contributed by atoms with van der Waals surface area (Å²) in [6.45, 7) is 5.47. The topological polar surface area (TPSA) is 21.1 Å². The normalized spacial score (nSPS) is 13.5. The maximum absolute atomic E-state index is 6.10. The summed E-state index contributed by atoms with van der Waals surface area (Å²) in [5.41, 5.74) is 2.09. The molecule has 0 fully saturated rings. The van der Waals surface area contributed by atoms with Crippen molar-refractivity contribution in [2.45, 2.75) is 26.3 Å². The van der Waals surface area contributed by atoms with Gasteiger partial charge in [0.2, 0.25) is 0 Å². The SMILES string of the molecule is CC(C)C(CN(C)C)n1c(CCCl)nc2cc(Cl)ccc21. The van der Waals surface area contributed by atoms with Gasteiger partial charge in [-0.25, -0.2) is 4.98 Å². The first-order chi connectivity index (χ1) is 9.93. The molecule has 0 saturated carbocycles. The number of hydrogen-bond donors (Lipinski definition) is 0. The van der Waals surface area contributed by atoms with E-state index in [1.807, 2.05) is 12.1 Å². The number of aryl methyl sites for hydroxylation is 1. The fourth-order valence-electron chi connectivity index (χ4n) is 2.72. The van der Waals surface area contributed by atoms with Gasteiger partial charge in [0.25, 0.3) is 0 Å². The molecule has 0 aliphatic rings. The molecular formula is C16H23Cl2N3. The van der Waals surface area contributed by atoms with Crippen LogP contribution in [0.25, 0.3) is 11.0 Å². The van der Waals surface area contributed by atoms with Crippen molar-refractivity contribution in [3.63, 3.8) is 0 Å². The first kappa shape index (κ1) is 16.6. The highest BCUT2D eigenvalue weighted by Crippen LogP contribution is 2.28. The molecule has 2 rings (SSSR count). The molecule has 2 aromatic rings. The van der Waals surface area contributed by atoms with Crippen LogP contribution < -0.4 is 0 Å².